The van der Waals surface area contributed by atoms with E-state index in [1.807, 2.05) is 82.3 Å². The molecular formula is C31H33BN2O5. The van der Waals surface area contributed by atoms with Crippen molar-refractivity contribution in [2.45, 2.75) is 44.8 Å². The topological polar surface area (TPSA) is 89.4 Å². The number of hydrogen-bond donors (Lipinski definition) is 2. The Labute approximate surface area is 229 Å². The van der Waals surface area contributed by atoms with Gasteiger partial charge in [0.25, 0.3) is 0 Å². The van der Waals surface area contributed by atoms with Crippen LogP contribution in [0.15, 0.2) is 83.4 Å². The van der Waals surface area contributed by atoms with Crippen LogP contribution in [0.5, 0.6) is 0 Å². The maximum Gasteiger partial charge on any atom is 0.492 e. The molecule has 1 saturated heterocycles. The van der Waals surface area contributed by atoms with Gasteiger partial charge in [0.1, 0.15) is 6.61 Å². The summed E-state index contributed by atoms with van der Waals surface area (Å²) in [7, 11) is -0.654. The molecule has 3 aromatic rings. The third-order valence-corrected chi connectivity index (χ3v) is 7.81. The van der Waals surface area contributed by atoms with Crippen LogP contribution in [0.2, 0.25) is 0 Å². The number of amides is 1. The lowest BCUT2D eigenvalue weighted by Crippen LogP contribution is -2.41. The molecule has 1 fully saturated rings. The lowest BCUT2D eigenvalue weighted by atomic mass is 9.77. The molecule has 1 heterocycles. The van der Waals surface area contributed by atoms with Crippen LogP contribution in [0.1, 0.15) is 55.9 Å². The molecule has 0 atom stereocenters. The lowest BCUT2D eigenvalue weighted by molar-refractivity contribution is 0.00578. The minimum Gasteiger partial charge on any atom is -0.449 e. The van der Waals surface area contributed by atoms with E-state index < -0.39 is 24.4 Å². The maximum atomic E-state index is 12.9. The highest BCUT2D eigenvalue weighted by molar-refractivity contribution is 6.56. The smallest absolute Gasteiger partial charge is 0.449 e. The summed E-state index contributed by atoms with van der Waals surface area (Å²) in [6.45, 7) is 8.36. The van der Waals surface area contributed by atoms with Crippen molar-refractivity contribution < 1.29 is 24.0 Å². The molecule has 1 amide bonds. The van der Waals surface area contributed by atoms with Crippen molar-refractivity contribution in [3.63, 3.8) is 0 Å². The fourth-order valence-corrected chi connectivity index (χ4v) is 5.03. The van der Waals surface area contributed by atoms with Gasteiger partial charge in [-0.3, -0.25) is 0 Å². The summed E-state index contributed by atoms with van der Waals surface area (Å²) in [5.74, 6) is -0.0165. The summed E-state index contributed by atoms with van der Waals surface area (Å²) in [5, 5.41) is 14.9. The van der Waals surface area contributed by atoms with E-state index in [1.165, 1.54) is 17.3 Å². The minimum absolute atomic E-state index is 0.0165. The second-order valence-electron chi connectivity index (χ2n) is 10.9. The number of alkyl carbamates (subject to hydrolysis) is 1. The lowest BCUT2D eigenvalue weighted by Gasteiger charge is -2.32. The van der Waals surface area contributed by atoms with Crippen molar-refractivity contribution in [2.75, 3.05) is 13.2 Å². The number of benzene rings is 3. The molecule has 39 heavy (non-hydrogen) atoms. The van der Waals surface area contributed by atoms with Crippen LogP contribution in [-0.4, -0.2) is 49.0 Å². The van der Waals surface area contributed by atoms with Crippen LogP contribution in [-0.2, 0) is 14.0 Å². The third-order valence-electron chi connectivity index (χ3n) is 7.81. The minimum atomic E-state index is -0.654. The van der Waals surface area contributed by atoms with E-state index >= 15 is 0 Å². The number of carbonyl (C=O) groups is 1. The van der Waals surface area contributed by atoms with Crippen molar-refractivity contribution >= 4 is 25.5 Å². The van der Waals surface area contributed by atoms with Gasteiger partial charge in [-0.15, -0.1) is 0 Å². The summed E-state index contributed by atoms with van der Waals surface area (Å²) in [6, 6.07) is 24.0. The highest BCUT2D eigenvalue weighted by atomic mass is 16.7. The van der Waals surface area contributed by atoms with Crippen LogP contribution in [0.3, 0.4) is 0 Å². The van der Waals surface area contributed by atoms with Gasteiger partial charge >= 0.3 is 13.2 Å². The van der Waals surface area contributed by atoms with E-state index in [0.29, 0.717) is 0 Å². The number of hydrogen-bond acceptors (Lipinski definition) is 6. The molecule has 3 aromatic carbocycles. The van der Waals surface area contributed by atoms with E-state index in [-0.39, 0.29) is 19.1 Å². The Hall–Kier alpha value is -3.88. The van der Waals surface area contributed by atoms with E-state index in [0.717, 1.165) is 27.7 Å². The van der Waals surface area contributed by atoms with Crippen LogP contribution < -0.4 is 5.32 Å². The first kappa shape index (κ1) is 26.7. The number of fused-ring (bicyclic) bond motifs is 3. The Morgan fingerprint density at radius 1 is 0.949 bits per heavy atom. The molecule has 7 nitrogen and oxygen atoms in total. The molecule has 0 spiro atoms. The molecular weight excluding hydrogens is 491 g/mol. The molecule has 0 saturated carbocycles. The second kappa shape index (κ2) is 10.7. The zero-order valence-electron chi connectivity index (χ0n) is 22.7. The fourth-order valence-electron chi connectivity index (χ4n) is 5.03. The molecule has 1 aliphatic carbocycles. The molecule has 1 aliphatic heterocycles. The first-order valence-corrected chi connectivity index (χ1v) is 13.1. The van der Waals surface area contributed by atoms with Gasteiger partial charge in [0.05, 0.1) is 17.4 Å². The van der Waals surface area contributed by atoms with Gasteiger partial charge in [-0.25, -0.2) is 4.79 Å². The number of nitrogens with one attached hydrogen (secondary N) is 1. The van der Waals surface area contributed by atoms with Gasteiger partial charge in [-0.1, -0.05) is 78.0 Å². The Morgan fingerprint density at radius 3 is 2.15 bits per heavy atom. The second-order valence-corrected chi connectivity index (χ2v) is 10.9. The van der Waals surface area contributed by atoms with Crippen molar-refractivity contribution in [2.24, 2.45) is 5.16 Å². The predicted octanol–water partition coefficient (Wildman–Crippen LogP) is 6.05. The van der Waals surface area contributed by atoms with E-state index in [4.69, 9.17) is 19.3 Å². The standard InChI is InChI=1S/C31H33BN2O5/c1-30(2)31(3,4)39-32(38-30)23(17-21-10-9-11-22(16-21)18-34-36)19-33-29(35)37-20-28-26-14-7-5-12-24(26)25-13-6-8-15-27(25)28/h5-18,28,36H,19-20H2,1-4H3,(H,33,35). The highest BCUT2D eigenvalue weighted by Gasteiger charge is 2.52. The average Bonchev–Trinajstić information content (AvgIpc) is 3.34. The predicted molar refractivity (Wildman–Crippen MR) is 153 cm³/mol. The monoisotopic (exact) mass is 524 g/mol. The van der Waals surface area contributed by atoms with Crippen molar-refractivity contribution in [1.29, 1.82) is 0 Å². The molecule has 0 bridgehead atoms. The van der Waals surface area contributed by atoms with Gasteiger partial charge in [0, 0.05) is 12.5 Å². The molecule has 2 N–H and O–H groups in total. The first-order chi connectivity index (χ1) is 18.7. The van der Waals surface area contributed by atoms with Gasteiger partial charge in [0.15, 0.2) is 0 Å². The van der Waals surface area contributed by atoms with Gasteiger partial charge in [-0.05, 0) is 72.6 Å². The number of rotatable bonds is 7. The Kier molecular flexibility index (Phi) is 7.34. The quantitative estimate of drug-likeness (QED) is 0.170. The fraction of sp³-hybridized carbons (Fsp3) is 0.290. The number of oxime groups is 1. The van der Waals surface area contributed by atoms with E-state index in [2.05, 4.69) is 34.7 Å². The van der Waals surface area contributed by atoms with Crippen molar-refractivity contribution in [3.05, 3.63) is 101 Å². The van der Waals surface area contributed by atoms with Gasteiger partial charge < -0.3 is 24.6 Å². The summed E-state index contributed by atoms with van der Waals surface area (Å²) >= 11 is 0. The average molecular weight is 524 g/mol. The SMILES string of the molecule is CC1(C)OB(C(=Cc2cccc(C=NO)c2)CNC(=O)OCC2c3ccccc3-c3ccccc32)OC1(C)C. The summed E-state index contributed by atoms with van der Waals surface area (Å²) in [6.07, 6.45) is 2.77. The molecule has 5 rings (SSSR count). The largest absolute Gasteiger partial charge is 0.492 e. The normalized spacial score (nSPS) is 17.7. The summed E-state index contributed by atoms with van der Waals surface area (Å²) in [4.78, 5) is 12.9. The zero-order valence-corrected chi connectivity index (χ0v) is 22.7. The molecule has 8 heteroatoms. The molecule has 200 valence electrons. The van der Waals surface area contributed by atoms with E-state index in [9.17, 15) is 4.79 Å². The highest BCUT2D eigenvalue weighted by Crippen LogP contribution is 2.44. The molecule has 0 unspecified atom stereocenters. The van der Waals surface area contributed by atoms with Crippen LogP contribution in [0.4, 0.5) is 4.79 Å². The van der Waals surface area contributed by atoms with Gasteiger partial charge in [0.2, 0.25) is 0 Å². The maximum absolute atomic E-state index is 12.9. The van der Waals surface area contributed by atoms with Gasteiger partial charge in [-0.2, -0.15) is 0 Å². The Morgan fingerprint density at radius 2 is 1.54 bits per heavy atom. The van der Waals surface area contributed by atoms with Crippen LogP contribution >= 0.6 is 0 Å². The third kappa shape index (κ3) is 5.49. The molecule has 0 radical (unpaired) electrons. The Bertz CT molecular complexity index is 1370. The molecule has 2 aliphatic rings. The summed E-state index contributed by atoms with van der Waals surface area (Å²) in [5.41, 5.74) is 5.95. The first-order valence-electron chi connectivity index (χ1n) is 13.1. The van der Waals surface area contributed by atoms with Crippen LogP contribution in [0, 0.1) is 0 Å². The number of ether oxygens (including phenoxy) is 1. The zero-order chi connectivity index (χ0) is 27.6. The summed E-state index contributed by atoms with van der Waals surface area (Å²) < 4.78 is 18.3. The Balaban J connectivity index is 1.31. The van der Waals surface area contributed by atoms with E-state index in [1.54, 1.807) is 0 Å². The number of carbonyl (C=O) groups excluding carboxylic acids is 1. The molecule has 0 aromatic heterocycles. The van der Waals surface area contributed by atoms with Crippen molar-refractivity contribution in [3.8, 4) is 11.1 Å². The number of nitrogens with zero attached hydrogens (tertiary/aromatic N) is 1. The van der Waals surface area contributed by atoms with Crippen LogP contribution in [0.25, 0.3) is 17.2 Å². The van der Waals surface area contributed by atoms with Crippen molar-refractivity contribution in [1.82, 2.24) is 5.32 Å².